The Kier molecular flexibility index (Phi) is 3.50. The van der Waals surface area contributed by atoms with E-state index in [4.69, 9.17) is 5.73 Å². The molecule has 1 rings (SSSR count). The van der Waals surface area contributed by atoms with Crippen LogP contribution in [-0.4, -0.2) is 17.4 Å². The predicted octanol–water partition coefficient (Wildman–Crippen LogP) is 1.53. The van der Waals surface area contributed by atoms with Crippen molar-refractivity contribution in [2.24, 2.45) is 5.73 Å². The molecule has 1 aromatic rings. The maximum absolute atomic E-state index is 11.1. The van der Waals surface area contributed by atoms with E-state index in [0.29, 0.717) is 4.88 Å². The second kappa shape index (κ2) is 4.43. The van der Waals surface area contributed by atoms with Crippen molar-refractivity contribution in [3.8, 4) is 0 Å². The first-order valence-electron chi connectivity index (χ1n) is 3.61. The first-order chi connectivity index (χ1) is 6.11. The molecule has 1 amide bonds. The zero-order chi connectivity index (χ0) is 9.84. The summed E-state index contributed by atoms with van der Waals surface area (Å²) in [6, 6.07) is 1.83. The maximum atomic E-state index is 11.1. The quantitative estimate of drug-likeness (QED) is 0.612. The average Bonchev–Trinajstić information content (AvgIpc) is 2.47. The zero-order valence-corrected chi connectivity index (χ0v) is 8.71. The van der Waals surface area contributed by atoms with Gasteiger partial charge in [0.05, 0.1) is 10.6 Å². The van der Waals surface area contributed by atoms with Gasteiger partial charge in [0.2, 0.25) is 5.91 Å². The van der Waals surface area contributed by atoms with Gasteiger partial charge in [-0.05, 0) is 18.4 Å². The van der Waals surface area contributed by atoms with Gasteiger partial charge in [-0.25, -0.2) is 0 Å². The summed E-state index contributed by atoms with van der Waals surface area (Å²) in [5.41, 5.74) is 4.99. The highest BCUT2D eigenvalue weighted by molar-refractivity contribution is 8.00. The van der Waals surface area contributed by atoms with Crippen molar-refractivity contribution in [2.45, 2.75) is 11.8 Å². The third-order valence-electron chi connectivity index (χ3n) is 1.32. The third kappa shape index (κ3) is 2.86. The van der Waals surface area contributed by atoms with Gasteiger partial charge in [-0.3, -0.25) is 9.59 Å². The molecule has 0 aromatic carbocycles. The van der Waals surface area contributed by atoms with Gasteiger partial charge in [-0.2, -0.15) is 0 Å². The van der Waals surface area contributed by atoms with Crippen molar-refractivity contribution < 1.29 is 9.59 Å². The van der Waals surface area contributed by atoms with Crippen LogP contribution < -0.4 is 5.73 Å². The second-order valence-electron chi connectivity index (χ2n) is 2.43. The Bertz CT molecular complexity index is 333. The van der Waals surface area contributed by atoms with Crippen LogP contribution in [0.1, 0.15) is 16.6 Å². The van der Waals surface area contributed by atoms with Crippen LogP contribution in [-0.2, 0) is 4.79 Å². The van der Waals surface area contributed by atoms with E-state index in [0.717, 1.165) is 4.90 Å². The van der Waals surface area contributed by atoms with Gasteiger partial charge >= 0.3 is 0 Å². The normalized spacial score (nSPS) is 9.92. The Morgan fingerprint density at radius 2 is 2.31 bits per heavy atom. The fourth-order valence-corrected chi connectivity index (χ4v) is 2.65. The lowest BCUT2D eigenvalue weighted by atomic mass is 10.3. The van der Waals surface area contributed by atoms with Crippen LogP contribution in [0.5, 0.6) is 0 Å². The number of rotatable bonds is 4. The number of Topliss-reactive ketones (excluding diaryl/α,β-unsaturated/α-hetero) is 1. The molecule has 0 radical (unpaired) electrons. The van der Waals surface area contributed by atoms with Crippen LogP contribution >= 0.6 is 23.1 Å². The van der Waals surface area contributed by atoms with Crippen LogP contribution in [0, 0.1) is 0 Å². The van der Waals surface area contributed by atoms with Crippen LogP contribution in [0.2, 0.25) is 0 Å². The van der Waals surface area contributed by atoms with Gasteiger partial charge in [0.15, 0.2) is 5.78 Å². The molecular weight excluding hydrogens is 206 g/mol. The van der Waals surface area contributed by atoms with E-state index in [9.17, 15) is 9.59 Å². The Labute approximate surface area is 84.3 Å². The summed E-state index contributed by atoms with van der Waals surface area (Å²) in [6.07, 6.45) is 0. The predicted molar refractivity (Wildman–Crippen MR) is 54.2 cm³/mol. The molecule has 0 fully saturated rings. The fourth-order valence-electron chi connectivity index (χ4n) is 0.817. The molecule has 1 aromatic heterocycles. The van der Waals surface area contributed by atoms with Crippen molar-refractivity contribution in [1.82, 2.24) is 0 Å². The number of primary amides is 1. The molecule has 0 aliphatic heterocycles. The number of hydrogen-bond donors (Lipinski definition) is 1. The smallest absolute Gasteiger partial charge is 0.227 e. The topological polar surface area (TPSA) is 60.2 Å². The summed E-state index contributed by atoms with van der Waals surface area (Å²) >= 11 is 2.69. The monoisotopic (exact) mass is 215 g/mol. The SMILES string of the molecule is CC(=O)c1sccc1SCC(N)=O. The fraction of sp³-hybridized carbons (Fsp3) is 0.250. The van der Waals surface area contributed by atoms with E-state index in [2.05, 4.69) is 0 Å². The summed E-state index contributed by atoms with van der Waals surface area (Å²) in [4.78, 5) is 23.1. The first-order valence-corrected chi connectivity index (χ1v) is 5.47. The van der Waals surface area contributed by atoms with Crippen LogP contribution in [0.4, 0.5) is 0 Å². The number of nitrogens with two attached hydrogens (primary N) is 1. The molecule has 70 valence electrons. The molecule has 0 atom stereocenters. The Morgan fingerprint density at radius 3 is 2.85 bits per heavy atom. The van der Waals surface area contributed by atoms with Crippen molar-refractivity contribution in [3.05, 3.63) is 16.3 Å². The standard InChI is InChI=1S/C8H9NO2S2/c1-5(10)8-6(2-3-12-8)13-4-7(9)11/h2-3H,4H2,1H3,(H2,9,11). The Hall–Kier alpha value is -0.810. The average molecular weight is 215 g/mol. The highest BCUT2D eigenvalue weighted by Crippen LogP contribution is 2.27. The van der Waals surface area contributed by atoms with E-state index < -0.39 is 0 Å². The van der Waals surface area contributed by atoms with Crippen molar-refractivity contribution >= 4 is 34.8 Å². The number of carbonyl (C=O) groups excluding carboxylic acids is 2. The van der Waals surface area contributed by atoms with Gasteiger partial charge in [0.25, 0.3) is 0 Å². The molecule has 13 heavy (non-hydrogen) atoms. The third-order valence-corrected chi connectivity index (χ3v) is 3.54. The molecule has 0 aliphatic rings. The number of carbonyl (C=O) groups is 2. The Morgan fingerprint density at radius 1 is 1.62 bits per heavy atom. The first kappa shape index (κ1) is 10.3. The number of thioether (sulfide) groups is 1. The molecule has 5 heteroatoms. The highest BCUT2D eigenvalue weighted by atomic mass is 32.2. The minimum Gasteiger partial charge on any atom is -0.369 e. The lowest BCUT2D eigenvalue weighted by molar-refractivity contribution is -0.115. The zero-order valence-electron chi connectivity index (χ0n) is 7.07. The number of amides is 1. The number of thiophene rings is 1. The lowest BCUT2D eigenvalue weighted by Crippen LogP contribution is -2.13. The number of ketones is 1. The van der Waals surface area contributed by atoms with Crippen LogP contribution in [0.3, 0.4) is 0 Å². The minimum absolute atomic E-state index is 0.0296. The molecule has 0 aliphatic carbocycles. The van der Waals surface area contributed by atoms with Crippen molar-refractivity contribution in [2.75, 3.05) is 5.75 Å². The Balaban J connectivity index is 2.71. The van der Waals surface area contributed by atoms with Crippen LogP contribution in [0.15, 0.2) is 16.3 Å². The van der Waals surface area contributed by atoms with Gasteiger partial charge in [-0.15, -0.1) is 23.1 Å². The van der Waals surface area contributed by atoms with Gasteiger partial charge in [0, 0.05) is 4.90 Å². The molecular formula is C8H9NO2S2. The summed E-state index contributed by atoms with van der Waals surface area (Å²) in [5, 5.41) is 1.83. The summed E-state index contributed by atoms with van der Waals surface area (Å²) < 4.78 is 0. The van der Waals surface area contributed by atoms with E-state index >= 15 is 0 Å². The van der Waals surface area contributed by atoms with Crippen molar-refractivity contribution in [3.63, 3.8) is 0 Å². The highest BCUT2D eigenvalue weighted by Gasteiger charge is 2.09. The van der Waals surface area contributed by atoms with E-state index in [1.165, 1.54) is 30.0 Å². The second-order valence-corrected chi connectivity index (χ2v) is 4.36. The van der Waals surface area contributed by atoms with Crippen molar-refractivity contribution in [1.29, 1.82) is 0 Å². The summed E-state index contributed by atoms with van der Waals surface area (Å²) in [7, 11) is 0. The minimum atomic E-state index is -0.370. The molecule has 2 N–H and O–H groups in total. The summed E-state index contributed by atoms with van der Waals surface area (Å²) in [5.74, 6) is -0.121. The summed E-state index contributed by atoms with van der Waals surface area (Å²) in [6.45, 7) is 1.51. The molecule has 3 nitrogen and oxygen atoms in total. The van der Waals surface area contributed by atoms with Gasteiger partial charge in [-0.1, -0.05) is 0 Å². The van der Waals surface area contributed by atoms with E-state index in [1.807, 2.05) is 11.4 Å². The van der Waals surface area contributed by atoms with Gasteiger partial charge < -0.3 is 5.73 Å². The maximum Gasteiger partial charge on any atom is 0.227 e. The van der Waals surface area contributed by atoms with Crippen LogP contribution in [0.25, 0.3) is 0 Å². The molecule has 0 bridgehead atoms. The van der Waals surface area contributed by atoms with E-state index in [-0.39, 0.29) is 17.4 Å². The number of hydrogen-bond acceptors (Lipinski definition) is 4. The lowest BCUT2D eigenvalue weighted by Gasteiger charge is -1.97. The van der Waals surface area contributed by atoms with E-state index in [1.54, 1.807) is 0 Å². The molecule has 0 spiro atoms. The molecule has 0 saturated carbocycles. The molecule has 0 saturated heterocycles. The van der Waals surface area contributed by atoms with Gasteiger partial charge in [0.1, 0.15) is 0 Å². The largest absolute Gasteiger partial charge is 0.369 e. The molecule has 0 unspecified atom stereocenters. The molecule has 1 heterocycles.